The van der Waals surface area contributed by atoms with E-state index in [1.54, 1.807) is 11.1 Å². The summed E-state index contributed by atoms with van der Waals surface area (Å²) in [7, 11) is 0. The summed E-state index contributed by atoms with van der Waals surface area (Å²) in [4.78, 5) is 0. The molecule has 0 aromatic carbocycles. The fraction of sp³-hybridized carbons (Fsp3) is 0.500. The molecule has 3 aliphatic carbocycles. The molecule has 0 amide bonds. The van der Waals surface area contributed by atoms with Gasteiger partial charge in [-0.25, -0.2) is 0 Å². The summed E-state index contributed by atoms with van der Waals surface area (Å²) in [6, 6.07) is 0. The zero-order chi connectivity index (χ0) is 12.9. The molecule has 0 aromatic rings. The van der Waals surface area contributed by atoms with Gasteiger partial charge >= 0.3 is 129 Å². The maximum Gasteiger partial charge on any atom is -1.00 e. The van der Waals surface area contributed by atoms with Gasteiger partial charge in [0.1, 0.15) is 0 Å². The third-order valence-corrected chi connectivity index (χ3v) is 8.51. The van der Waals surface area contributed by atoms with Gasteiger partial charge in [0.2, 0.25) is 0 Å². The summed E-state index contributed by atoms with van der Waals surface area (Å²) >= 11 is -0.352. The van der Waals surface area contributed by atoms with Gasteiger partial charge < -0.3 is 24.8 Å². The molecule has 0 N–H and O–H groups in total. The smallest absolute Gasteiger partial charge is 1.00 e. The first-order valence-corrected chi connectivity index (χ1v) is 10.2. The number of hydrogen-bond acceptors (Lipinski definition) is 0. The molecule has 1 saturated carbocycles. The quantitative estimate of drug-likeness (QED) is 0.573. The average Bonchev–Trinajstić information content (AvgIpc) is 3.09. The fourth-order valence-electron chi connectivity index (χ4n) is 3.21. The van der Waals surface area contributed by atoms with Crippen molar-refractivity contribution < 1.29 is 47.6 Å². The van der Waals surface area contributed by atoms with Crippen LogP contribution in [0.1, 0.15) is 57.8 Å². The molecule has 1 fully saturated rings. The van der Waals surface area contributed by atoms with Gasteiger partial charge in [0.05, 0.1) is 0 Å². The van der Waals surface area contributed by atoms with E-state index < -0.39 is 0 Å². The van der Waals surface area contributed by atoms with Crippen molar-refractivity contribution in [1.82, 2.24) is 0 Å². The van der Waals surface area contributed by atoms with Crippen LogP contribution in [0.5, 0.6) is 0 Å². The van der Waals surface area contributed by atoms with Gasteiger partial charge in [0, 0.05) is 0 Å². The molecule has 0 atom stereocenters. The van der Waals surface area contributed by atoms with Crippen LogP contribution >= 0.6 is 0 Å². The molecule has 0 bridgehead atoms. The Morgan fingerprint density at radius 1 is 0.905 bits per heavy atom. The Bertz CT molecular complexity index is 487. The maximum absolute atomic E-state index is 2.43. The second-order valence-corrected chi connectivity index (χ2v) is 9.69. The summed E-state index contributed by atoms with van der Waals surface area (Å²) in [5, 5.41) is 0. The van der Waals surface area contributed by atoms with Crippen LogP contribution in [0, 0.1) is 0 Å². The van der Waals surface area contributed by atoms with E-state index in [4.69, 9.17) is 0 Å². The Hall–Kier alpha value is 0.293. The molecule has 113 valence electrons. The number of halogens is 2. The predicted molar refractivity (Wildman–Crippen MR) is 79.9 cm³/mol. The predicted octanol–water partition coefficient (Wildman–Crippen LogP) is -0.906. The minimum absolute atomic E-state index is 0. The summed E-state index contributed by atoms with van der Waals surface area (Å²) in [6.45, 7) is 0. The molecule has 0 unspecified atom stereocenters. The van der Waals surface area contributed by atoms with E-state index in [9.17, 15) is 0 Å². The van der Waals surface area contributed by atoms with E-state index in [0.717, 1.165) is 0 Å². The van der Waals surface area contributed by atoms with Crippen molar-refractivity contribution in [2.24, 2.45) is 0 Å². The molecule has 0 nitrogen and oxygen atoms in total. The van der Waals surface area contributed by atoms with Crippen LogP contribution in [0.25, 0.3) is 0 Å². The van der Waals surface area contributed by atoms with E-state index in [-0.39, 0.29) is 47.6 Å². The molecular weight excluding hydrogens is 378 g/mol. The van der Waals surface area contributed by atoms with Crippen LogP contribution in [-0.2, 0) is 22.8 Å². The van der Waals surface area contributed by atoms with Crippen LogP contribution < -0.4 is 24.8 Å². The number of allylic oxidation sites excluding steroid dienone is 8. The van der Waals surface area contributed by atoms with Gasteiger partial charge in [0.25, 0.3) is 0 Å². The topological polar surface area (TPSA) is 0 Å². The monoisotopic (exact) mass is 399 g/mol. The van der Waals surface area contributed by atoms with Crippen molar-refractivity contribution in [3.8, 4) is 0 Å². The molecule has 0 heterocycles. The first-order chi connectivity index (χ1) is 9.42. The first kappa shape index (κ1) is 19.3. The zero-order valence-electron chi connectivity index (χ0n) is 12.5. The molecule has 21 heavy (non-hydrogen) atoms. The number of rotatable bonds is 4. The average molecular weight is 402 g/mol. The van der Waals surface area contributed by atoms with E-state index in [0.29, 0.717) is 0 Å². The SMILES string of the molecule is C1=CCC(CCC2=[C]([Zr+2]=[C]3CCCCC3)CC=C2)=C1.[Cl-].[Cl-]. The van der Waals surface area contributed by atoms with Crippen molar-refractivity contribution in [2.45, 2.75) is 57.8 Å². The van der Waals surface area contributed by atoms with E-state index in [2.05, 4.69) is 30.4 Å². The van der Waals surface area contributed by atoms with Crippen LogP contribution in [0.4, 0.5) is 0 Å². The van der Waals surface area contributed by atoms with Gasteiger partial charge in [-0.1, -0.05) is 0 Å². The second kappa shape index (κ2) is 10.1. The Labute approximate surface area is 152 Å². The van der Waals surface area contributed by atoms with Crippen LogP contribution in [0.2, 0.25) is 0 Å². The van der Waals surface area contributed by atoms with Crippen LogP contribution in [-0.4, -0.2) is 3.21 Å². The van der Waals surface area contributed by atoms with Crippen molar-refractivity contribution in [1.29, 1.82) is 0 Å². The zero-order valence-corrected chi connectivity index (χ0v) is 16.5. The standard InChI is InChI=1S/C12H13.C6H10.2ClH.Zr/c1-2-6-11(5-1)9-10-12-7-3-4-8-12;1-2-4-6-5-3-1;;;/h1-3,5,7H,4,6,9-10H2;1-5H2;2*1H;/q;;;;+2/p-2. The molecule has 3 heteroatoms. The number of hydrogen-bond donors (Lipinski definition) is 0. The third-order valence-electron chi connectivity index (χ3n) is 4.38. The third kappa shape index (κ3) is 5.77. The van der Waals surface area contributed by atoms with Gasteiger partial charge in [-0.3, -0.25) is 0 Å². The van der Waals surface area contributed by atoms with Gasteiger partial charge in [-0.2, -0.15) is 0 Å². The van der Waals surface area contributed by atoms with Gasteiger partial charge in [0.15, 0.2) is 0 Å². The largest absolute Gasteiger partial charge is 1.00 e. The maximum atomic E-state index is 2.43. The van der Waals surface area contributed by atoms with Crippen molar-refractivity contribution >= 4 is 3.21 Å². The molecule has 0 saturated heterocycles. The van der Waals surface area contributed by atoms with Crippen molar-refractivity contribution in [3.05, 3.63) is 44.8 Å². The van der Waals surface area contributed by atoms with Gasteiger partial charge in [-0.15, -0.1) is 0 Å². The first-order valence-electron chi connectivity index (χ1n) is 7.77. The van der Waals surface area contributed by atoms with E-state index >= 15 is 0 Å². The Balaban J connectivity index is 0.00000110. The van der Waals surface area contributed by atoms with Crippen LogP contribution in [0.15, 0.2) is 44.8 Å². The molecule has 3 aliphatic rings. The molecule has 0 aromatic heterocycles. The molecule has 3 rings (SSSR count). The Morgan fingerprint density at radius 2 is 1.71 bits per heavy atom. The molecular formula is C18H23Cl2Zr. The molecule has 0 spiro atoms. The summed E-state index contributed by atoms with van der Waals surface area (Å²) < 4.78 is 3.89. The van der Waals surface area contributed by atoms with Crippen LogP contribution in [0.3, 0.4) is 0 Å². The summed E-state index contributed by atoms with van der Waals surface area (Å²) in [5.74, 6) is 0. The van der Waals surface area contributed by atoms with Crippen molar-refractivity contribution in [2.75, 3.05) is 0 Å². The second-order valence-electron chi connectivity index (χ2n) is 5.86. The van der Waals surface area contributed by atoms with E-state index in [1.165, 1.54) is 57.8 Å². The minimum Gasteiger partial charge on any atom is -1.00 e. The Morgan fingerprint density at radius 3 is 2.43 bits per heavy atom. The molecule has 0 aliphatic heterocycles. The minimum atomic E-state index is -0.352. The molecule has 0 radical (unpaired) electrons. The van der Waals surface area contributed by atoms with Crippen molar-refractivity contribution in [3.63, 3.8) is 0 Å². The summed E-state index contributed by atoms with van der Waals surface area (Å²) in [5.41, 5.74) is 3.35. The summed E-state index contributed by atoms with van der Waals surface area (Å²) in [6.07, 6.45) is 24.1. The fourth-order valence-corrected chi connectivity index (χ4v) is 7.19. The van der Waals surface area contributed by atoms with Gasteiger partial charge in [-0.05, 0) is 0 Å². The van der Waals surface area contributed by atoms with E-state index in [1.807, 2.05) is 6.49 Å². The normalized spacial score (nSPS) is 20.0. The Kier molecular flexibility index (Phi) is 9.34.